The highest BCUT2D eigenvalue weighted by Crippen LogP contribution is 2.32. The first kappa shape index (κ1) is 30.8. The fourth-order valence-electron chi connectivity index (χ4n) is 3.44. The zero-order chi connectivity index (χ0) is 28.5. The van der Waals surface area contributed by atoms with Gasteiger partial charge in [-0.25, -0.2) is 14.9 Å². The molecule has 1 aromatic carbocycles. The van der Waals surface area contributed by atoms with E-state index in [1.165, 1.54) is 17.2 Å². The van der Waals surface area contributed by atoms with E-state index >= 15 is 0 Å². The predicted octanol–water partition coefficient (Wildman–Crippen LogP) is 3.56. The highest BCUT2D eigenvalue weighted by atomic mass is 32.2. The van der Waals surface area contributed by atoms with Crippen molar-refractivity contribution in [2.75, 3.05) is 19.7 Å². The number of nitrogens with two attached hydrogens (primary N) is 1. The van der Waals surface area contributed by atoms with Crippen molar-refractivity contribution >= 4 is 39.7 Å². The third kappa shape index (κ3) is 9.48. The molecule has 1 aromatic rings. The Bertz CT molecular complexity index is 1260. The van der Waals surface area contributed by atoms with Gasteiger partial charge in [0.25, 0.3) is 16.0 Å². The molecule has 1 aliphatic rings. The van der Waals surface area contributed by atoms with Crippen LogP contribution in [0.25, 0.3) is 6.08 Å². The van der Waals surface area contributed by atoms with E-state index in [4.69, 9.17) is 15.3 Å². The van der Waals surface area contributed by atoms with Gasteiger partial charge in [-0.1, -0.05) is 18.8 Å². The molecular formula is C26H36N4O7S. The highest BCUT2D eigenvalue weighted by molar-refractivity contribution is 7.85. The van der Waals surface area contributed by atoms with Gasteiger partial charge in [0.15, 0.2) is 0 Å². The molecule has 0 saturated carbocycles. The fraction of sp³-hybridized carbons (Fsp3) is 0.500. The van der Waals surface area contributed by atoms with Crippen molar-refractivity contribution in [3.8, 4) is 11.8 Å². The van der Waals surface area contributed by atoms with E-state index in [9.17, 15) is 22.6 Å². The lowest BCUT2D eigenvalue weighted by Gasteiger charge is -2.21. The molecule has 12 heteroatoms. The summed E-state index contributed by atoms with van der Waals surface area (Å²) >= 11 is 0. The largest absolute Gasteiger partial charge is 0.444 e. The third-order valence-electron chi connectivity index (χ3n) is 4.97. The summed E-state index contributed by atoms with van der Waals surface area (Å²) in [6.07, 6.45) is 2.62. The Kier molecular flexibility index (Phi) is 10.9. The second-order valence-corrected chi connectivity index (χ2v) is 10.9. The quantitative estimate of drug-likeness (QED) is 0.183. The van der Waals surface area contributed by atoms with Gasteiger partial charge in [0.1, 0.15) is 11.4 Å². The molecule has 0 atom stereocenters. The molecule has 0 aromatic heterocycles. The Morgan fingerprint density at radius 1 is 1.26 bits per heavy atom. The average Bonchev–Trinajstić information content (AvgIpc) is 2.96. The number of amides is 2. The van der Waals surface area contributed by atoms with Gasteiger partial charge in [0, 0.05) is 42.6 Å². The average molecular weight is 549 g/mol. The van der Waals surface area contributed by atoms with Crippen LogP contribution in [0.3, 0.4) is 0 Å². The molecule has 0 saturated heterocycles. The van der Waals surface area contributed by atoms with Crippen LogP contribution in [0.2, 0.25) is 0 Å². The molecule has 208 valence electrons. The van der Waals surface area contributed by atoms with Crippen molar-refractivity contribution in [1.29, 1.82) is 0 Å². The van der Waals surface area contributed by atoms with Crippen LogP contribution in [-0.4, -0.2) is 61.2 Å². The number of benzene rings is 1. The van der Waals surface area contributed by atoms with Crippen molar-refractivity contribution in [2.24, 2.45) is 10.7 Å². The Balaban J connectivity index is 2.38. The van der Waals surface area contributed by atoms with E-state index in [0.717, 1.165) is 0 Å². The van der Waals surface area contributed by atoms with E-state index in [2.05, 4.69) is 22.2 Å². The van der Waals surface area contributed by atoms with Crippen LogP contribution in [0.4, 0.5) is 10.5 Å². The molecule has 4 N–H and O–H groups in total. The molecule has 1 aliphatic heterocycles. The maximum absolute atomic E-state index is 13.2. The minimum Gasteiger partial charge on any atom is -0.444 e. The van der Waals surface area contributed by atoms with Crippen molar-refractivity contribution in [1.82, 2.24) is 10.4 Å². The number of amidine groups is 1. The second-order valence-electron chi connectivity index (χ2n) is 9.49. The van der Waals surface area contributed by atoms with Crippen LogP contribution in [0, 0.1) is 11.8 Å². The van der Waals surface area contributed by atoms with Crippen molar-refractivity contribution < 1.29 is 32.1 Å². The first-order chi connectivity index (χ1) is 17.7. The van der Waals surface area contributed by atoms with Gasteiger partial charge in [-0.05, 0) is 58.7 Å². The zero-order valence-corrected chi connectivity index (χ0v) is 23.3. The number of hydroxylamine groups is 2. The maximum atomic E-state index is 13.2. The minimum atomic E-state index is -4.57. The number of hydrogen-bond donors (Lipinski definition) is 3. The van der Waals surface area contributed by atoms with E-state index in [1.54, 1.807) is 33.8 Å². The molecule has 0 radical (unpaired) electrons. The highest BCUT2D eigenvalue weighted by Gasteiger charge is 2.24. The smallest absolute Gasteiger partial charge is 0.407 e. The molecule has 0 aliphatic carbocycles. The maximum Gasteiger partial charge on any atom is 0.407 e. The number of rotatable bonds is 9. The number of ether oxygens (including phenoxy) is 1. The molecular weight excluding hydrogens is 512 g/mol. The van der Waals surface area contributed by atoms with Gasteiger partial charge < -0.3 is 15.8 Å². The first-order valence-electron chi connectivity index (χ1n) is 12.3. The number of unbranched alkanes of at least 4 members (excludes halogenated alkanes) is 1. The molecule has 2 rings (SSSR count). The minimum absolute atomic E-state index is 0.0191. The Morgan fingerprint density at radius 2 is 1.97 bits per heavy atom. The Labute approximate surface area is 224 Å². The van der Waals surface area contributed by atoms with Crippen molar-refractivity contribution in [3.05, 3.63) is 28.8 Å². The van der Waals surface area contributed by atoms with Crippen molar-refractivity contribution in [3.63, 3.8) is 0 Å². The number of alkyl carbamates (subject to hydrolysis) is 1. The summed E-state index contributed by atoms with van der Waals surface area (Å²) in [6.45, 7) is 10.0. The van der Waals surface area contributed by atoms with E-state index in [1.807, 2.05) is 6.92 Å². The lowest BCUT2D eigenvalue weighted by molar-refractivity contribution is -0.180. The fourth-order valence-corrected chi connectivity index (χ4v) is 3.97. The topological polar surface area (TPSA) is 161 Å². The number of carbonyl (C=O) groups excluding carboxylic acids is 2. The molecule has 0 bridgehead atoms. The number of fused-ring (bicyclic) bond motifs is 1. The van der Waals surface area contributed by atoms with Gasteiger partial charge in [-0.2, -0.15) is 8.42 Å². The molecule has 0 spiro atoms. The van der Waals surface area contributed by atoms with E-state index in [-0.39, 0.29) is 29.4 Å². The summed E-state index contributed by atoms with van der Waals surface area (Å²) in [7, 11) is -4.57. The lowest BCUT2D eigenvalue weighted by Crippen LogP contribution is -2.34. The third-order valence-corrected chi connectivity index (χ3v) is 5.80. The number of nitrogens with one attached hydrogen (secondary N) is 1. The molecule has 2 amide bonds. The summed E-state index contributed by atoms with van der Waals surface area (Å²) in [5.41, 5.74) is 6.56. The van der Waals surface area contributed by atoms with E-state index in [0.29, 0.717) is 50.1 Å². The van der Waals surface area contributed by atoms with E-state index < -0.39 is 26.7 Å². The van der Waals surface area contributed by atoms with Crippen LogP contribution < -0.4 is 11.1 Å². The summed E-state index contributed by atoms with van der Waals surface area (Å²) in [5.74, 6) is 5.57. The van der Waals surface area contributed by atoms with Gasteiger partial charge in [-0.3, -0.25) is 14.2 Å². The van der Waals surface area contributed by atoms with Crippen LogP contribution in [0.5, 0.6) is 0 Å². The normalized spacial score (nSPS) is 13.2. The van der Waals surface area contributed by atoms with Crippen LogP contribution >= 0.6 is 0 Å². The Morgan fingerprint density at radius 3 is 2.58 bits per heavy atom. The standard InChI is InChI=1S/C26H36N4O7S/c1-6-13-30(36-7-2)24(31)19-15-21-18(11-9-8-10-12-28-25(32)37-26(3,4)5)14-20(38(33,34)35)17-22(21)29-23(27)16-19/h14-15,17H,6-8,10,12-13,16H2,1-5H3,(H2,27,29)(H,28,32)(H,33,34,35). The number of nitrogens with zero attached hydrogens (tertiary/aromatic N) is 2. The van der Waals surface area contributed by atoms with Crippen LogP contribution in [0.15, 0.2) is 27.6 Å². The lowest BCUT2D eigenvalue weighted by atomic mass is 10.0. The molecule has 38 heavy (non-hydrogen) atoms. The van der Waals surface area contributed by atoms with Crippen molar-refractivity contribution in [2.45, 2.75) is 70.8 Å². The van der Waals surface area contributed by atoms with Gasteiger partial charge >= 0.3 is 6.09 Å². The van der Waals surface area contributed by atoms with Gasteiger partial charge in [0.2, 0.25) is 0 Å². The number of aliphatic imine (C=N–C) groups is 1. The van der Waals surface area contributed by atoms with Crippen LogP contribution in [-0.2, 0) is 24.5 Å². The Hall–Kier alpha value is -3.40. The summed E-state index contributed by atoms with van der Waals surface area (Å²) in [5, 5.41) is 3.91. The molecule has 0 unspecified atom stereocenters. The van der Waals surface area contributed by atoms with Gasteiger partial charge in [-0.15, -0.1) is 0 Å². The zero-order valence-electron chi connectivity index (χ0n) is 22.5. The number of hydrogen-bond acceptors (Lipinski definition) is 8. The second kappa shape index (κ2) is 13.4. The number of carbonyl (C=O) groups is 2. The first-order valence-corrected chi connectivity index (χ1v) is 13.8. The predicted molar refractivity (Wildman–Crippen MR) is 144 cm³/mol. The monoisotopic (exact) mass is 548 g/mol. The molecule has 11 nitrogen and oxygen atoms in total. The summed E-state index contributed by atoms with van der Waals surface area (Å²) in [6, 6.07) is 2.41. The molecule has 0 fully saturated rings. The molecule has 1 heterocycles. The SMILES string of the molecule is CCCN(OCC)C(=O)C1=Cc2c(C#CCCCNC(=O)OC(C)(C)C)cc(S(=O)(=O)O)cc2N=C(N)C1. The summed E-state index contributed by atoms with van der Waals surface area (Å²) < 4.78 is 38.6. The van der Waals surface area contributed by atoms with Gasteiger partial charge in [0.05, 0.1) is 17.2 Å². The van der Waals surface area contributed by atoms with Crippen LogP contribution in [0.1, 0.15) is 71.4 Å². The summed E-state index contributed by atoms with van der Waals surface area (Å²) in [4.78, 5) is 34.3.